The molecule has 0 heterocycles. The quantitative estimate of drug-likeness (QED) is 0.146. The van der Waals surface area contributed by atoms with Crippen LogP contribution in [0, 0.1) is 27.6 Å². The zero-order valence-corrected chi connectivity index (χ0v) is 38.2. The van der Waals surface area contributed by atoms with E-state index in [2.05, 4.69) is 78.1 Å². The molecule has 0 saturated heterocycles. The van der Waals surface area contributed by atoms with Crippen LogP contribution < -0.4 is 16.8 Å². The number of carbonyl (C=O) groups excluding carboxylic acids is 2. The van der Waals surface area contributed by atoms with Gasteiger partial charge in [0.15, 0.2) is 0 Å². The zero-order valence-electron chi connectivity index (χ0n) is 38.2. The van der Waals surface area contributed by atoms with E-state index < -0.39 is 11.2 Å². The van der Waals surface area contributed by atoms with E-state index in [0.717, 1.165) is 64.1 Å². The summed E-state index contributed by atoms with van der Waals surface area (Å²) in [6.45, 7) is 15.2. The highest BCUT2D eigenvalue weighted by Gasteiger charge is 2.53. The average Bonchev–Trinajstić information content (AvgIpc) is 4.04. The first-order chi connectivity index (χ1) is 29.5. The lowest BCUT2D eigenvalue weighted by atomic mass is 10.1. The molecule has 0 bridgehead atoms. The number of hydrogen-bond donors (Lipinski definition) is 3. The van der Waals surface area contributed by atoms with E-state index in [-0.39, 0.29) is 35.1 Å². The molecule has 0 radical (unpaired) electrons. The predicted molar refractivity (Wildman–Crippen MR) is 245 cm³/mol. The van der Waals surface area contributed by atoms with Gasteiger partial charge in [0.05, 0.1) is 11.5 Å². The second-order valence-corrected chi connectivity index (χ2v) is 21.4. The first-order valence-electron chi connectivity index (χ1n) is 23.2. The fourth-order valence-electron chi connectivity index (χ4n) is 8.66. The molecule has 6 fully saturated rings. The van der Waals surface area contributed by atoms with Gasteiger partial charge in [0.1, 0.15) is 11.2 Å². The van der Waals surface area contributed by atoms with Crippen LogP contribution in [-0.2, 0) is 9.47 Å². The number of nitrogens with two attached hydrogens (primary N) is 2. The van der Waals surface area contributed by atoms with E-state index >= 15 is 0 Å². The maximum absolute atomic E-state index is 12.7. The summed E-state index contributed by atoms with van der Waals surface area (Å²) in [7, 11) is 0. The van der Waals surface area contributed by atoms with Crippen molar-refractivity contribution in [2.24, 2.45) is 27.7 Å². The number of nitrogens with zero attached hydrogens (tertiary/aromatic N) is 3. The highest BCUT2D eigenvalue weighted by atomic mass is 16.6. The number of amides is 2. The van der Waals surface area contributed by atoms with Crippen molar-refractivity contribution in [3.63, 3.8) is 0 Å². The summed E-state index contributed by atoms with van der Waals surface area (Å²) in [6, 6.07) is 35.0. The molecule has 6 aliphatic rings. The van der Waals surface area contributed by atoms with E-state index in [4.69, 9.17) is 20.9 Å². The summed E-state index contributed by atoms with van der Waals surface area (Å²) in [4.78, 5) is 29.1. The van der Waals surface area contributed by atoms with Crippen molar-refractivity contribution >= 4 is 12.2 Å². The lowest BCUT2D eigenvalue weighted by Crippen LogP contribution is -2.43. The van der Waals surface area contributed by atoms with Crippen LogP contribution in [-0.4, -0.2) is 84.0 Å². The summed E-state index contributed by atoms with van der Waals surface area (Å²) in [5, 5.41) is 13.1. The van der Waals surface area contributed by atoms with Crippen molar-refractivity contribution in [1.82, 2.24) is 15.1 Å². The van der Waals surface area contributed by atoms with E-state index in [1.54, 1.807) is 4.90 Å². The Bertz CT molecular complexity index is 2000. The van der Waals surface area contributed by atoms with E-state index in [0.29, 0.717) is 36.4 Å². The highest BCUT2D eigenvalue weighted by Crippen LogP contribution is 2.52. The van der Waals surface area contributed by atoms with Gasteiger partial charge in [-0.25, -0.2) is 9.59 Å². The molecule has 2 amide bonds. The Labute approximate surface area is 371 Å². The summed E-state index contributed by atoms with van der Waals surface area (Å²) in [6.07, 6.45) is 9.41. The Balaban J connectivity index is 0.000000142. The molecule has 6 aliphatic carbocycles. The fourth-order valence-corrected chi connectivity index (χ4v) is 8.66. The highest BCUT2D eigenvalue weighted by molar-refractivity contribution is 5.70. The molecule has 9 rings (SSSR count). The smallest absolute Gasteiger partial charge is 0.410 e. The Morgan fingerprint density at radius 3 is 1.39 bits per heavy atom. The average molecular weight is 845 g/mol. The Hall–Kier alpha value is -4.43. The SMILES string of the molecule is CC(C)(C)OC(=O)N(CC1(C#N)CC1)[C@H]1CC1c1ccccc1.CC(C)(C)OC(=O)N(CC1(CN)CC1)[C@H]1CC1c1ccccc1.NCC1(CN[C@H]2CC2c2ccccc2)CC1. The van der Waals surface area contributed by atoms with Gasteiger partial charge in [0.2, 0.25) is 0 Å². The lowest BCUT2D eigenvalue weighted by molar-refractivity contribution is 0.0185. The van der Waals surface area contributed by atoms with E-state index in [1.165, 1.54) is 36.0 Å². The van der Waals surface area contributed by atoms with Crippen LogP contribution in [0.25, 0.3) is 0 Å². The standard InChI is InChI=1S/C19H28N2O2.C19H24N2O2.C14H20N2/c2*1-18(2,3)23-17(22)21(13-19(12-20)9-10-19)16-11-15(16)14-7-5-4-6-8-14;15-9-14(6-7-14)10-16-13-8-12(13)11-4-2-1-3-5-11/h4-8,15-16H,9-13,20H2,1-3H3;4-8,15-16H,9-11,13H2,1-3H3;1-5,12-13,16H,6-10,15H2/t2*15?,16-;12?,13-/m000/s1. The van der Waals surface area contributed by atoms with Crippen LogP contribution in [0.2, 0.25) is 0 Å². The third-order valence-corrected chi connectivity index (χ3v) is 13.6. The summed E-state index contributed by atoms with van der Waals surface area (Å²) < 4.78 is 11.2. The maximum atomic E-state index is 12.7. The summed E-state index contributed by atoms with van der Waals surface area (Å²) in [5.74, 6) is 1.53. The fraction of sp³-hybridized carbons (Fsp3) is 0.596. The number of nitrogens with one attached hydrogen (secondary N) is 1. The first-order valence-corrected chi connectivity index (χ1v) is 23.2. The van der Waals surface area contributed by atoms with Gasteiger partial charge in [-0.1, -0.05) is 91.0 Å². The first kappa shape index (κ1) is 45.6. The molecule has 3 unspecified atom stereocenters. The Morgan fingerprint density at radius 2 is 1.03 bits per heavy atom. The Kier molecular flexibility index (Phi) is 13.5. The monoisotopic (exact) mass is 845 g/mol. The number of ether oxygens (including phenoxy) is 2. The molecule has 6 saturated carbocycles. The molecule has 0 aromatic heterocycles. The van der Waals surface area contributed by atoms with E-state index in [1.807, 2.05) is 70.7 Å². The largest absolute Gasteiger partial charge is 0.444 e. The van der Waals surface area contributed by atoms with Crippen LogP contribution in [0.1, 0.15) is 134 Å². The number of carbonyl (C=O) groups is 2. The van der Waals surface area contributed by atoms with Gasteiger partial charge in [-0.3, -0.25) is 0 Å². The zero-order chi connectivity index (χ0) is 44.3. The van der Waals surface area contributed by atoms with Crippen LogP contribution in [0.5, 0.6) is 0 Å². The number of rotatable bonds is 14. The summed E-state index contributed by atoms with van der Waals surface area (Å²) in [5.41, 5.74) is 15.0. The molecule has 3 aromatic carbocycles. The molecule has 3 aromatic rings. The molecule has 5 N–H and O–H groups in total. The van der Waals surface area contributed by atoms with Crippen LogP contribution in [0.15, 0.2) is 91.0 Å². The van der Waals surface area contributed by atoms with Crippen molar-refractivity contribution in [3.05, 3.63) is 108 Å². The normalized spacial score (nSPS) is 26.0. The minimum Gasteiger partial charge on any atom is -0.444 e. The molecule has 0 spiro atoms. The van der Waals surface area contributed by atoms with Gasteiger partial charge in [0.25, 0.3) is 0 Å². The van der Waals surface area contributed by atoms with Gasteiger partial charge < -0.3 is 36.1 Å². The number of hydrogen-bond acceptors (Lipinski definition) is 8. The van der Waals surface area contributed by atoms with Crippen molar-refractivity contribution in [2.75, 3.05) is 32.7 Å². The molecular weight excluding hydrogens is 773 g/mol. The molecule has 334 valence electrons. The molecule has 6 atom stereocenters. The van der Waals surface area contributed by atoms with Gasteiger partial charge in [0, 0.05) is 60.9 Å². The second kappa shape index (κ2) is 18.3. The number of nitriles is 1. The van der Waals surface area contributed by atoms with Crippen molar-refractivity contribution in [3.8, 4) is 6.07 Å². The predicted octanol–water partition coefficient (Wildman–Crippen LogP) is 9.47. The molecule has 10 heteroatoms. The van der Waals surface area contributed by atoms with Crippen molar-refractivity contribution in [2.45, 2.75) is 146 Å². The third kappa shape index (κ3) is 12.4. The topological polar surface area (TPSA) is 147 Å². The number of benzene rings is 3. The minimum atomic E-state index is -0.518. The van der Waals surface area contributed by atoms with Crippen molar-refractivity contribution < 1.29 is 19.1 Å². The van der Waals surface area contributed by atoms with Gasteiger partial charge in [-0.2, -0.15) is 5.26 Å². The molecule has 10 nitrogen and oxygen atoms in total. The third-order valence-electron chi connectivity index (χ3n) is 13.6. The van der Waals surface area contributed by atoms with E-state index in [9.17, 15) is 14.9 Å². The lowest BCUT2D eigenvalue weighted by Gasteiger charge is -2.30. The second-order valence-electron chi connectivity index (χ2n) is 21.4. The molecular formula is C52H72N6O4. The van der Waals surface area contributed by atoms with Crippen molar-refractivity contribution in [1.29, 1.82) is 5.26 Å². The van der Waals surface area contributed by atoms with Crippen LogP contribution in [0.4, 0.5) is 9.59 Å². The maximum Gasteiger partial charge on any atom is 0.410 e. The minimum absolute atomic E-state index is 0.126. The summed E-state index contributed by atoms with van der Waals surface area (Å²) >= 11 is 0. The van der Waals surface area contributed by atoms with Crippen LogP contribution in [0.3, 0.4) is 0 Å². The van der Waals surface area contributed by atoms with Gasteiger partial charge >= 0.3 is 12.2 Å². The van der Waals surface area contributed by atoms with Gasteiger partial charge in [-0.05, 0) is 135 Å². The van der Waals surface area contributed by atoms with Crippen LogP contribution >= 0.6 is 0 Å². The Morgan fingerprint density at radius 1 is 0.629 bits per heavy atom. The molecule has 62 heavy (non-hydrogen) atoms. The molecule has 0 aliphatic heterocycles. The van der Waals surface area contributed by atoms with Gasteiger partial charge in [-0.15, -0.1) is 0 Å².